The number of nitrogens with one attached hydrogen (secondary N) is 1. The van der Waals surface area contributed by atoms with Gasteiger partial charge in [-0.25, -0.2) is 0 Å². The van der Waals surface area contributed by atoms with E-state index >= 15 is 0 Å². The minimum absolute atomic E-state index is 0.0662. The van der Waals surface area contributed by atoms with Crippen LogP contribution in [0.2, 0.25) is 5.02 Å². The van der Waals surface area contributed by atoms with Gasteiger partial charge in [-0.1, -0.05) is 17.7 Å². The second-order valence-corrected chi connectivity index (χ2v) is 3.45. The predicted molar refractivity (Wildman–Crippen MR) is 61.7 cm³/mol. The number of nitrogens with two attached hydrogens (primary N) is 1. The highest BCUT2D eigenvalue weighted by atomic mass is 35.5. The Balaban J connectivity index is 3.02. The topological polar surface area (TPSA) is 78.5 Å². The van der Waals surface area contributed by atoms with Gasteiger partial charge in [-0.3, -0.25) is 0 Å². The van der Waals surface area contributed by atoms with Crippen molar-refractivity contribution in [3.05, 3.63) is 23.2 Å². The van der Waals surface area contributed by atoms with Crippen molar-refractivity contribution in [2.45, 2.75) is 0 Å². The van der Waals surface area contributed by atoms with E-state index < -0.39 is 7.12 Å². The fraction of sp³-hybridized carbons (Fsp3) is 0. The van der Waals surface area contributed by atoms with Crippen LogP contribution >= 0.6 is 23.8 Å². The molecule has 1 aromatic carbocycles. The van der Waals surface area contributed by atoms with Crippen molar-refractivity contribution in [3.63, 3.8) is 0 Å². The largest absolute Gasteiger partial charge is 0.488 e. The van der Waals surface area contributed by atoms with Crippen LogP contribution in [0.25, 0.3) is 0 Å². The Bertz CT molecular complexity index is 362. The SMILES string of the molecule is NC(=S)Nc1cc(B(O)O)ccc1Cl. The van der Waals surface area contributed by atoms with Gasteiger partial charge in [0.25, 0.3) is 0 Å². The zero-order valence-corrected chi connectivity index (χ0v) is 8.64. The van der Waals surface area contributed by atoms with Crippen LogP contribution in [0.5, 0.6) is 0 Å². The molecule has 14 heavy (non-hydrogen) atoms. The maximum atomic E-state index is 8.89. The number of anilines is 1. The lowest BCUT2D eigenvalue weighted by Crippen LogP contribution is -2.30. The zero-order valence-electron chi connectivity index (χ0n) is 7.07. The molecule has 0 spiro atoms. The molecular weight excluding hydrogens is 222 g/mol. The molecule has 0 radical (unpaired) electrons. The lowest BCUT2D eigenvalue weighted by atomic mass is 9.80. The first-order chi connectivity index (χ1) is 6.50. The summed E-state index contributed by atoms with van der Waals surface area (Å²) in [4.78, 5) is 0. The number of benzene rings is 1. The van der Waals surface area contributed by atoms with Crippen LogP contribution in [-0.2, 0) is 0 Å². The molecule has 0 unspecified atom stereocenters. The molecule has 0 aliphatic heterocycles. The van der Waals surface area contributed by atoms with E-state index in [0.717, 1.165) is 0 Å². The summed E-state index contributed by atoms with van der Waals surface area (Å²) in [5.41, 5.74) is 6.02. The summed E-state index contributed by atoms with van der Waals surface area (Å²) in [6.45, 7) is 0. The predicted octanol–water partition coefficient (Wildman–Crippen LogP) is -0.325. The van der Waals surface area contributed by atoms with Gasteiger partial charge in [0.15, 0.2) is 5.11 Å². The number of hydrogen-bond acceptors (Lipinski definition) is 3. The average Bonchev–Trinajstić information content (AvgIpc) is 2.07. The van der Waals surface area contributed by atoms with E-state index in [2.05, 4.69) is 17.5 Å². The molecule has 1 rings (SSSR count). The summed E-state index contributed by atoms with van der Waals surface area (Å²) >= 11 is 10.4. The van der Waals surface area contributed by atoms with Gasteiger partial charge in [0.05, 0.1) is 10.7 Å². The number of halogens is 1. The molecule has 0 amide bonds. The Morgan fingerprint density at radius 3 is 2.64 bits per heavy atom. The van der Waals surface area contributed by atoms with Crippen molar-refractivity contribution < 1.29 is 10.0 Å². The van der Waals surface area contributed by atoms with Crippen LogP contribution in [0.1, 0.15) is 0 Å². The molecule has 0 atom stereocenters. The fourth-order valence-corrected chi connectivity index (χ4v) is 1.21. The molecule has 0 aliphatic rings. The third kappa shape index (κ3) is 2.85. The molecule has 0 saturated carbocycles. The van der Waals surface area contributed by atoms with Gasteiger partial charge < -0.3 is 21.1 Å². The lowest BCUT2D eigenvalue weighted by molar-refractivity contribution is 0.426. The maximum Gasteiger partial charge on any atom is 0.488 e. The monoisotopic (exact) mass is 230 g/mol. The standard InChI is InChI=1S/C7H8BClN2O2S/c9-5-2-1-4(8(12)13)3-6(5)11-7(10)14/h1-3,12-13H,(H3,10,11,14). The third-order valence-electron chi connectivity index (χ3n) is 1.55. The lowest BCUT2D eigenvalue weighted by Gasteiger charge is -2.08. The van der Waals surface area contributed by atoms with Crippen molar-refractivity contribution in [1.82, 2.24) is 0 Å². The van der Waals surface area contributed by atoms with E-state index in [1.165, 1.54) is 18.2 Å². The minimum atomic E-state index is -1.54. The molecule has 1 aromatic rings. The van der Waals surface area contributed by atoms with Gasteiger partial charge in [0.2, 0.25) is 0 Å². The zero-order chi connectivity index (χ0) is 10.7. The molecule has 0 bridgehead atoms. The molecule has 0 aliphatic carbocycles. The summed E-state index contributed by atoms with van der Waals surface area (Å²) in [6, 6.07) is 4.49. The molecule has 0 saturated heterocycles. The van der Waals surface area contributed by atoms with Crippen molar-refractivity contribution in [3.8, 4) is 0 Å². The van der Waals surface area contributed by atoms with Crippen LogP contribution in [0.4, 0.5) is 5.69 Å². The molecule has 4 nitrogen and oxygen atoms in total. The van der Waals surface area contributed by atoms with Gasteiger partial charge in [0.1, 0.15) is 0 Å². The van der Waals surface area contributed by atoms with Crippen molar-refractivity contribution in [2.75, 3.05) is 5.32 Å². The van der Waals surface area contributed by atoms with E-state index in [1.807, 2.05) is 0 Å². The average molecular weight is 230 g/mol. The quantitative estimate of drug-likeness (QED) is 0.414. The fourth-order valence-electron chi connectivity index (χ4n) is 0.932. The molecule has 7 heteroatoms. The summed E-state index contributed by atoms with van der Waals surface area (Å²) in [5.74, 6) is 0. The van der Waals surface area contributed by atoms with Crippen LogP contribution in [0.15, 0.2) is 18.2 Å². The first-order valence-corrected chi connectivity index (χ1v) is 4.51. The molecule has 0 aromatic heterocycles. The number of thiocarbonyl (C=S) groups is 1. The van der Waals surface area contributed by atoms with Crippen LogP contribution in [-0.4, -0.2) is 22.3 Å². The Morgan fingerprint density at radius 1 is 1.50 bits per heavy atom. The molecule has 5 N–H and O–H groups in total. The summed E-state index contributed by atoms with van der Waals surface area (Å²) in [7, 11) is -1.54. The van der Waals surface area contributed by atoms with E-state index in [4.69, 9.17) is 27.4 Å². The van der Waals surface area contributed by atoms with E-state index in [1.54, 1.807) is 0 Å². The number of hydrogen-bond donors (Lipinski definition) is 4. The molecule has 0 heterocycles. The van der Waals surface area contributed by atoms with Crippen molar-refractivity contribution in [1.29, 1.82) is 0 Å². The normalized spacial score (nSPS) is 9.64. The first-order valence-electron chi connectivity index (χ1n) is 3.72. The Labute approximate surface area is 91.8 Å². The highest BCUT2D eigenvalue weighted by Gasteiger charge is 2.12. The molecular formula is C7H8BClN2O2S. The van der Waals surface area contributed by atoms with E-state index in [0.29, 0.717) is 16.2 Å². The maximum absolute atomic E-state index is 8.89. The second-order valence-electron chi connectivity index (χ2n) is 2.60. The van der Waals surface area contributed by atoms with Gasteiger partial charge in [-0.05, 0) is 29.8 Å². The smallest absolute Gasteiger partial charge is 0.423 e. The summed E-state index contributed by atoms with van der Waals surface area (Å²) in [5, 5.41) is 20.9. The number of rotatable bonds is 2. The second kappa shape index (κ2) is 4.61. The summed E-state index contributed by atoms with van der Waals surface area (Å²) in [6.07, 6.45) is 0. The Kier molecular flexibility index (Phi) is 3.71. The first kappa shape index (κ1) is 11.3. The summed E-state index contributed by atoms with van der Waals surface area (Å²) < 4.78 is 0. The van der Waals surface area contributed by atoms with Gasteiger partial charge in [-0.15, -0.1) is 0 Å². The van der Waals surface area contributed by atoms with Gasteiger partial charge in [0, 0.05) is 0 Å². The Hall–Kier alpha value is -0.815. The van der Waals surface area contributed by atoms with Crippen LogP contribution < -0.4 is 16.5 Å². The Morgan fingerprint density at radius 2 is 2.14 bits per heavy atom. The van der Waals surface area contributed by atoms with Gasteiger partial charge >= 0.3 is 7.12 Å². The van der Waals surface area contributed by atoms with E-state index in [9.17, 15) is 0 Å². The van der Waals surface area contributed by atoms with E-state index in [-0.39, 0.29) is 5.11 Å². The van der Waals surface area contributed by atoms with Crippen molar-refractivity contribution in [2.24, 2.45) is 5.73 Å². The minimum Gasteiger partial charge on any atom is -0.423 e. The third-order valence-corrected chi connectivity index (χ3v) is 1.98. The highest BCUT2D eigenvalue weighted by molar-refractivity contribution is 7.80. The van der Waals surface area contributed by atoms with Crippen molar-refractivity contribution >= 4 is 47.2 Å². The van der Waals surface area contributed by atoms with Crippen LogP contribution in [0, 0.1) is 0 Å². The van der Waals surface area contributed by atoms with Crippen LogP contribution in [0.3, 0.4) is 0 Å². The molecule has 74 valence electrons. The highest BCUT2D eigenvalue weighted by Crippen LogP contribution is 2.19. The molecule has 0 fully saturated rings. The van der Waals surface area contributed by atoms with Gasteiger partial charge in [-0.2, -0.15) is 0 Å².